The maximum Gasteiger partial charge on any atom is 0.335 e. The van der Waals surface area contributed by atoms with E-state index in [0.717, 1.165) is 24.3 Å². The molecule has 0 spiro atoms. The molecule has 0 heterocycles. The molecular formula is C19H19NO6S. The molecule has 0 unspecified atom stereocenters. The highest BCUT2D eigenvalue weighted by Gasteiger charge is 2.31. The van der Waals surface area contributed by atoms with E-state index in [1.807, 2.05) is 0 Å². The summed E-state index contributed by atoms with van der Waals surface area (Å²) < 4.78 is 26.9. The Morgan fingerprint density at radius 2 is 1.56 bits per heavy atom. The molecule has 0 saturated carbocycles. The van der Waals surface area contributed by atoms with Gasteiger partial charge in [0.1, 0.15) is 5.78 Å². The Kier molecular flexibility index (Phi) is 6.12. The molecule has 0 aliphatic rings. The van der Waals surface area contributed by atoms with Crippen LogP contribution in [-0.4, -0.2) is 31.2 Å². The van der Waals surface area contributed by atoms with Gasteiger partial charge in [-0.1, -0.05) is 18.2 Å². The Bertz CT molecular complexity index is 980. The van der Waals surface area contributed by atoms with E-state index in [4.69, 9.17) is 5.11 Å². The lowest BCUT2D eigenvalue weighted by atomic mass is 10.2. The third kappa shape index (κ3) is 4.59. The number of hydrogen-bond acceptors (Lipinski definition) is 5. The van der Waals surface area contributed by atoms with Gasteiger partial charge < -0.3 is 9.90 Å². The van der Waals surface area contributed by atoms with Crippen LogP contribution in [0.2, 0.25) is 0 Å². The highest BCUT2D eigenvalue weighted by Crippen LogP contribution is 2.28. The van der Waals surface area contributed by atoms with Crippen molar-refractivity contribution in [2.24, 2.45) is 0 Å². The Hall–Kier alpha value is -3.00. The molecule has 1 N–H and O–H groups in total. The number of carboxylic acid groups (broad SMARTS) is 1. The van der Waals surface area contributed by atoms with E-state index >= 15 is 0 Å². The number of ketones is 1. The predicted octanol–water partition coefficient (Wildman–Crippen LogP) is 2.78. The Morgan fingerprint density at radius 1 is 0.963 bits per heavy atom. The lowest BCUT2D eigenvalue weighted by molar-refractivity contribution is -0.122. The van der Waals surface area contributed by atoms with Crippen molar-refractivity contribution in [3.05, 3.63) is 59.7 Å². The molecule has 27 heavy (non-hydrogen) atoms. The number of benzene rings is 2. The molecule has 1 amide bonds. The number of carbonyl (C=O) groups is 3. The molecular weight excluding hydrogens is 370 g/mol. The zero-order valence-corrected chi connectivity index (χ0v) is 15.7. The van der Waals surface area contributed by atoms with E-state index in [-0.39, 0.29) is 34.8 Å². The first-order chi connectivity index (χ1) is 12.6. The van der Waals surface area contributed by atoms with Crippen LogP contribution >= 0.6 is 0 Å². The highest BCUT2D eigenvalue weighted by molar-refractivity contribution is 7.93. The first kappa shape index (κ1) is 20.3. The van der Waals surface area contributed by atoms with Crippen LogP contribution in [-0.2, 0) is 19.6 Å². The van der Waals surface area contributed by atoms with E-state index in [1.54, 1.807) is 25.1 Å². The van der Waals surface area contributed by atoms with Crippen LogP contribution in [0.15, 0.2) is 53.4 Å². The highest BCUT2D eigenvalue weighted by atomic mass is 32.2. The molecule has 0 saturated heterocycles. The van der Waals surface area contributed by atoms with Gasteiger partial charge in [-0.2, -0.15) is 0 Å². The zero-order valence-electron chi connectivity index (χ0n) is 14.9. The molecule has 0 aromatic heterocycles. The number of sulfonamides is 1. The number of carboxylic acids is 1. The van der Waals surface area contributed by atoms with Gasteiger partial charge in [0.2, 0.25) is 5.91 Å². The summed E-state index contributed by atoms with van der Waals surface area (Å²) in [5.41, 5.74) is 0.687. The van der Waals surface area contributed by atoms with Crippen LogP contribution in [0.5, 0.6) is 0 Å². The van der Waals surface area contributed by atoms with E-state index < -0.39 is 21.9 Å². The topological polar surface area (TPSA) is 109 Å². The summed E-state index contributed by atoms with van der Waals surface area (Å²) in [5.74, 6) is -2.15. The van der Waals surface area contributed by atoms with Crippen molar-refractivity contribution in [3.8, 4) is 0 Å². The minimum atomic E-state index is -4.29. The number of Topliss-reactive ketones (excluding diaryl/α,β-unsaturated/α-hetero) is 1. The Labute approximate surface area is 157 Å². The molecule has 0 bridgehead atoms. The molecule has 0 aliphatic heterocycles. The second kappa shape index (κ2) is 8.13. The monoisotopic (exact) mass is 389 g/mol. The van der Waals surface area contributed by atoms with Gasteiger partial charge in [0.05, 0.1) is 16.1 Å². The number of hydrogen-bond donors (Lipinski definition) is 1. The number of para-hydroxylation sites is 1. The van der Waals surface area contributed by atoms with E-state index in [1.165, 1.54) is 13.0 Å². The van der Waals surface area contributed by atoms with Gasteiger partial charge in [0.15, 0.2) is 0 Å². The Morgan fingerprint density at radius 3 is 2.07 bits per heavy atom. The van der Waals surface area contributed by atoms with Crippen molar-refractivity contribution in [2.75, 3.05) is 4.31 Å². The molecule has 8 heteroatoms. The van der Waals surface area contributed by atoms with Crippen molar-refractivity contribution >= 4 is 33.4 Å². The van der Waals surface area contributed by atoms with Crippen molar-refractivity contribution in [1.29, 1.82) is 0 Å². The normalized spacial score (nSPS) is 11.0. The van der Waals surface area contributed by atoms with Gasteiger partial charge in [-0.05, 0) is 49.7 Å². The smallest absolute Gasteiger partial charge is 0.335 e. The van der Waals surface area contributed by atoms with Crippen LogP contribution in [0.3, 0.4) is 0 Å². The number of anilines is 1. The van der Waals surface area contributed by atoms with Crippen LogP contribution in [0, 0.1) is 6.92 Å². The minimum absolute atomic E-state index is 0.0701. The minimum Gasteiger partial charge on any atom is -0.478 e. The average molecular weight is 389 g/mol. The van der Waals surface area contributed by atoms with Crippen LogP contribution in [0.1, 0.15) is 35.7 Å². The first-order valence-electron chi connectivity index (χ1n) is 8.11. The molecule has 0 aliphatic carbocycles. The molecule has 0 fully saturated rings. The summed E-state index contributed by atoms with van der Waals surface area (Å²) in [6, 6.07) is 11.1. The van der Waals surface area contributed by atoms with Crippen LogP contribution in [0.4, 0.5) is 5.69 Å². The van der Waals surface area contributed by atoms with Gasteiger partial charge in [-0.25, -0.2) is 17.5 Å². The first-order valence-corrected chi connectivity index (χ1v) is 9.55. The number of amides is 1. The molecule has 7 nitrogen and oxygen atoms in total. The zero-order chi connectivity index (χ0) is 20.2. The lowest BCUT2D eigenvalue weighted by Crippen LogP contribution is -2.37. The third-order valence-corrected chi connectivity index (χ3v) is 5.64. The molecule has 2 aromatic rings. The Balaban J connectivity index is 2.54. The summed E-state index contributed by atoms with van der Waals surface area (Å²) in [7, 11) is -4.29. The summed E-state index contributed by atoms with van der Waals surface area (Å²) in [5, 5.41) is 8.97. The van der Waals surface area contributed by atoms with Crippen LogP contribution in [0.25, 0.3) is 0 Å². The third-order valence-electron chi connectivity index (χ3n) is 3.89. The SMILES string of the molecule is CC(=O)CCC(=O)N(c1ccccc1C)S(=O)(=O)c1ccc(C(=O)O)cc1. The van der Waals surface area contributed by atoms with Crippen molar-refractivity contribution < 1.29 is 27.9 Å². The van der Waals surface area contributed by atoms with E-state index in [0.29, 0.717) is 9.87 Å². The van der Waals surface area contributed by atoms with Crippen molar-refractivity contribution in [3.63, 3.8) is 0 Å². The second-order valence-corrected chi connectivity index (χ2v) is 7.77. The molecule has 0 atom stereocenters. The number of nitrogens with zero attached hydrogens (tertiary/aromatic N) is 1. The summed E-state index contributed by atoms with van der Waals surface area (Å²) in [4.78, 5) is 34.7. The maximum atomic E-state index is 13.1. The maximum absolute atomic E-state index is 13.1. The van der Waals surface area contributed by atoms with Gasteiger partial charge in [0, 0.05) is 12.8 Å². The van der Waals surface area contributed by atoms with E-state index in [9.17, 15) is 22.8 Å². The van der Waals surface area contributed by atoms with Gasteiger partial charge in [0.25, 0.3) is 10.0 Å². The van der Waals surface area contributed by atoms with Crippen molar-refractivity contribution in [2.45, 2.75) is 31.6 Å². The summed E-state index contributed by atoms with van der Waals surface area (Å²) >= 11 is 0. The fourth-order valence-corrected chi connectivity index (χ4v) is 3.96. The molecule has 142 valence electrons. The summed E-state index contributed by atoms with van der Waals surface area (Å²) in [6.45, 7) is 2.99. The fraction of sp³-hybridized carbons (Fsp3) is 0.211. The molecule has 0 radical (unpaired) electrons. The quantitative estimate of drug-likeness (QED) is 0.780. The van der Waals surface area contributed by atoms with Crippen LogP contribution < -0.4 is 4.31 Å². The van der Waals surface area contributed by atoms with Gasteiger partial charge in [-0.15, -0.1) is 0 Å². The largest absolute Gasteiger partial charge is 0.478 e. The fourth-order valence-electron chi connectivity index (χ4n) is 2.45. The van der Waals surface area contributed by atoms with Gasteiger partial charge >= 0.3 is 5.97 Å². The molecule has 2 aromatic carbocycles. The summed E-state index contributed by atoms with van der Waals surface area (Å²) in [6.07, 6.45) is -0.329. The second-order valence-electron chi connectivity index (χ2n) is 5.98. The van der Waals surface area contributed by atoms with Crippen molar-refractivity contribution in [1.82, 2.24) is 0 Å². The average Bonchev–Trinajstić information content (AvgIpc) is 2.61. The number of aromatic carboxylic acids is 1. The van der Waals surface area contributed by atoms with Gasteiger partial charge in [-0.3, -0.25) is 4.79 Å². The predicted molar refractivity (Wildman–Crippen MR) is 99.2 cm³/mol. The lowest BCUT2D eigenvalue weighted by Gasteiger charge is -2.24. The number of aryl methyl sites for hydroxylation is 1. The number of rotatable bonds is 7. The number of carbonyl (C=O) groups excluding carboxylic acids is 2. The molecule has 2 rings (SSSR count). The standard InChI is InChI=1S/C19H19NO6S/c1-13-5-3-4-6-17(13)20(18(22)12-7-14(2)21)27(25,26)16-10-8-15(9-11-16)19(23)24/h3-6,8-11H,7,12H2,1-2H3,(H,23,24). The van der Waals surface area contributed by atoms with E-state index in [2.05, 4.69) is 0 Å².